The fourth-order valence-corrected chi connectivity index (χ4v) is 2.61. The molecule has 110 valence electrons. The predicted molar refractivity (Wildman–Crippen MR) is 77.9 cm³/mol. The fraction of sp³-hybridized carbons (Fsp3) is 0.562. The van der Waals surface area contributed by atoms with E-state index in [0.29, 0.717) is 5.92 Å². The van der Waals surface area contributed by atoms with Gasteiger partial charge in [0.1, 0.15) is 5.75 Å². The number of nitrogens with zero attached hydrogens (tertiary/aromatic N) is 1. The summed E-state index contributed by atoms with van der Waals surface area (Å²) in [6.45, 7) is 4.43. The Bertz CT molecular complexity index is 445. The second-order valence-corrected chi connectivity index (χ2v) is 5.36. The quantitative estimate of drug-likeness (QED) is 0.828. The van der Waals surface area contributed by atoms with E-state index < -0.39 is 0 Å². The molecule has 0 radical (unpaired) electrons. The van der Waals surface area contributed by atoms with Gasteiger partial charge in [-0.05, 0) is 37.3 Å². The Labute approximate surface area is 120 Å². The molecule has 1 saturated heterocycles. The Balaban J connectivity index is 1.84. The number of carbonyl (C=O) groups excluding carboxylic acids is 1. The minimum absolute atomic E-state index is 0.0639. The Morgan fingerprint density at radius 3 is 2.95 bits per heavy atom. The number of hydrogen-bond donors (Lipinski definition) is 0. The van der Waals surface area contributed by atoms with Crippen LogP contribution in [0, 0.1) is 12.8 Å². The molecule has 1 fully saturated rings. The number of piperidine rings is 1. The predicted octanol–water partition coefficient (Wildman–Crippen LogP) is 2.26. The van der Waals surface area contributed by atoms with Gasteiger partial charge in [-0.25, -0.2) is 0 Å². The molecule has 0 bridgehead atoms. The molecule has 1 atom stereocenters. The van der Waals surface area contributed by atoms with Gasteiger partial charge < -0.3 is 14.4 Å². The van der Waals surface area contributed by atoms with E-state index in [2.05, 4.69) is 0 Å². The minimum atomic E-state index is 0.0639. The Morgan fingerprint density at radius 2 is 2.20 bits per heavy atom. The Kier molecular flexibility index (Phi) is 5.41. The lowest BCUT2D eigenvalue weighted by Crippen LogP contribution is -2.43. The normalized spacial score (nSPS) is 18.9. The molecule has 1 aliphatic rings. The third-order valence-electron chi connectivity index (χ3n) is 3.72. The van der Waals surface area contributed by atoms with E-state index in [9.17, 15) is 4.79 Å². The van der Waals surface area contributed by atoms with E-state index in [1.807, 2.05) is 36.1 Å². The van der Waals surface area contributed by atoms with Gasteiger partial charge in [0.25, 0.3) is 5.91 Å². The molecule has 1 aliphatic heterocycles. The van der Waals surface area contributed by atoms with Gasteiger partial charge in [0, 0.05) is 20.2 Å². The SMILES string of the molecule is COCC1CCCN(C(=O)COc2ccccc2C)C1. The molecule has 0 N–H and O–H groups in total. The van der Waals surface area contributed by atoms with Crippen LogP contribution in [0.2, 0.25) is 0 Å². The topological polar surface area (TPSA) is 38.8 Å². The average Bonchev–Trinajstić information content (AvgIpc) is 2.47. The molecule has 1 unspecified atom stereocenters. The molecular formula is C16H23NO3. The van der Waals surface area contributed by atoms with Gasteiger partial charge in [-0.2, -0.15) is 0 Å². The zero-order valence-electron chi connectivity index (χ0n) is 12.3. The molecule has 4 heteroatoms. The van der Waals surface area contributed by atoms with E-state index in [1.165, 1.54) is 0 Å². The van der Waals surface area contributed by atoms with Crippen LogP contribution in [-0.2, 0) is 9.53 Å². The van der Waals surface area contributed by atoms with Gasteiger partial charge in [0.2, 0.25) is 0 Å². The molecule has 1 amide bonds. The van der Waals surface area contributed by atoms with Gasteiger partial charge in [-0.3, -0.25) is 4.79 Å². The van der Waals surface area contributed by atoms with Gasteiger partial charge in [-0.15, -0.1) is 0 Å². The average molecular weight is 277 g/mol. The first kappa shape index (κ1) is 14.9. The molecule has 1 aromatic rings. The van der Waals surface area contributed by atoms with E-state index in [4.69, 9.17) is 9.47 Å². The Hall–Kier alpha value is -1.55. The second kappa shape index (κ2) is 7.29. The number of rotatable bonds is 5. The number of amides is 1. The summed E-state index contributed by atoms with van der Waals surface area (Å²) in [5.41, 5.74) is 1.05. The van der Waals surface area contributed by atoms with Gasteiger partial charge in [-0.1, -0.05) is 18.2 Å². The van der Waals surface area contributed by atoms with E-state index in [1.54, 1.807) is 7.11 Å². The lowest BCUT2D eigenvalue weighted by molar-refractivity contribution is -0.135. The van der Waals surface area contributed by atoms with Crippen LogP contribution in [0.3, 0.4) is 0 Å². The summed E-state index contributed by atoms with van der Waals surface area (Å²) in [7, 11) is 1.71. The van der Waals surface area contributed by atoms with Crippen molar-refractivity contribution in [3.8, 4) is 5.75 Å². The highest BCUT2D eigenvalue weighted by atomic mass is 16.5. The van der Waals surface area contributed by atoms with Crippen LogP contribution in [0.1, 0.15) is 18.4 Å². The second-order valence-electron chi connectivity index (χ2n) is 5.36. The standard InChI is InChI=1S/C16H23NO3/c1-13-6-3-4-8-15(13)20-12-16(18)17-9-5-7-14(10-17)11-19-2/h3-4,6,8,14H,5,7,9-12H2,1-2H3. The van der Waals surface area contributed by atoms with Crippen molar-refractivity contribution in [1.82, 2.24) is 4.90 Å². The molecule has 4 nitrogen and oxygen atoms in total. The van der Waals surface area contributed by atoms with Crippen molar-refractivity contribution >= 4 is 5.91 Å². The molecule has 0 aliphatic carbocycles. The largest absolute Gasteiger partial charge is 0.484 e. The van der Waals surface area contributed by atoms with Crippen molar-refractivity contribution in [2.75, 3.05) is 33.4 Å². The molecule has 1 heterocycles. The maximum atomic E-state index is 12.2. The smallest absolute Gasteiger partial charge is 0.260 e. The van der Waals surface area contributed by atoms with Gasteiger partial charge >= 0.3 is 0 Å². The van der Waals surface area contributed by atoms with Gasteiger partial charge in [0.15, 0.2) is 6.61 Å². The summed E-state index contributed by atoms with van der Waals surface area (Å²) in [5.74, 6) is 1.30. The van der Waals surface area contributed by atoms with Crippen molar-refractivity contribution in [3.63, 3.8) is 0 Å². The van der Waals surface area contributed by atoms with Crippen LogP contribution in [0.25, 0.3) is 0 Å². The molecule has 20 heavy (non-hydrogen) atoms. The summed E-state index contributed by atoms with van der Waals surface area (Å²) in [6.07, 6.45) is 2.18. The molecule has 0 spiro atoms. The summed E-state index contributed by atoms with van der Waals surface area (Å²) in [5, 5.41) is 0. The zero-order valence-corrected chi connectivity index (χ0v) is 12.3. The maximum Gasteiger partial charge on any atom is 0.260 e. The van der Waals surface area contributed by atoms with Crippen LogP contribution < -0.4 is 4.74 Å². The zero-order chi connectivity index (χ0) is 14.4. The van der Waals surface area contributed by atoms with E-state index in [-0.39, 0.29) is 12.5 Å². The molecule has 0 saturated carbocycles. The van der Waals surface area contributed by atoms with Crippen LogP contribution in [0.5, 0.6) is 5.75 Å². The number of aryl methyl sites for hydroxylation is 1. The number of ether oxygens (including phenoxy) is 2. The third-order valence-corrected chi connectivity index (χ3v) is 3.72. The summed E-state index contributed by atoms with van der Waals surface area (Å²) in [6, 6.07) is 7.76. The first-order valence-corrected chi connectivity index (χ1v) is 7.16. The van der Waals surface area contributed by atoms with E-state index >= 15 is 0 Å². The number of methoxy groups -OCH3 is 1. The van der Waals surface area contributed by atoms with Crippen molar-refractivity contribution in [2.45, 2.75) is 19.8 Å². The first-order valence-electron chi connectivity index (χ1n) is 7.16. The summed E-state index contributed by atoms with van der Waals surface area (Å²) < 4.78 is 10.8. The number of carbonyl (C=O) groups is 1. The van der Waals surface area contributed by atoms with Crippen molar-refractivity contribution in [2.24, 2.45) is 5.92 Å². The Morgan fingerprint density at radius 1 is 1.40 bits per heavy atom. The molecule has 0 aromatic heterocycles. The van der Waals surface area contributed by atoms with E-state index in [0.717, 1.165) is 43.9 Å². The van der Waals surface area contributed by atoms with Crippen molar-refractivity contribution < 1.29 is 14.3 Å². The van der Waals surface area contributed by atoms with Crippen molar-refractivity contribution in [3.05, 3.63) is 29.8 Å². The maximum absolute atomic E-state index is 12.2. The monoisotopic (exact) mass is 277 g/mol. The summed E-state index contributed by atoms with van der Waals surface area (Å²) in [4.78, 5) is 14.1. The molecule has 1 aromatic carbocycles. The third kappa shape index (κ3) is 3.97. The van der Waals surface area contributed by atoms with Crippen LogP contribution in [0.15, 0.2) is 24.3 Å². The van der Waals surface area contributed by atoms with Gasteiger partial charge in [0.05, 0.1) is 6.61 Å². The van der Waals surface area contributed by atoms with Crippen LogP contribution in [-0.4, -0.2) is 44.2 Å². The highest BCUT2D eigenvalue weighted by Crippen LogP contribution is 2.18. The first-order chi connectivity index (χ1) is 9.70. The molecular weight excluding hydrogens is 254 g/mol. The highest BCUT2D eigenvalue weighted by molar-refractivity contribution is 5.77. The number of likely N-dealkylation sites (tertiary alicyclic amines) is 1. The lowest BCUT2D eigenvalue weighted by Gasteiger charge is -2.32. The fourth-order valence-electron chi connectivity index (χ4n) is 2.61. The van der Waals surface area contributed by atoms with Crippen molar-refractivity contribution in [1.29, 1.82) is 0 Å². The van der Waals surface area contributed by atoms with Crippen LogP contribution in [0.4, 0.5) is 0 Å². The number of benzene rings is 1. The minimum Gasteiger partial charge on any atom is -0.484 e. The number of hydrogen-bond acceptors (Lipinski definition) is 3. The lowest BCUT2D eigenvalue weighted by atomic mass is 9.99. The molecule has 2 rings (SSSR count). The number of para-hydroxylation sites is 1. The summed E-state index contributed by atoms with van der Waals surface area (Å²) >= 11 is 0. The van der Waals surface area contributed by atoms with Crippen LogP contribution >= 0.6 is 0 Å². The highest BCUT2D eigenvalue weighted by Gasteiger charge is 2.23.